The number of carbonyl (C=O) groups excluding carboxylic acids is 1. The molecule has 0 aromatic rings. The van der Waals surface area contributed by atoms with Crippen LogP contribution in [-0.2, 0) is 19.0 Å². The highest BCUT2D eigenvalue weighted by Crippen LogP contribution is 2.71. The highest BCUT2D eigenvalue weighted by atomic mass is 16.7. The minimum absolute atomic E-state index is 0.0515. The van der Waals surface area contributed by atoms with Crippen LogP contribution in [0.25, 0.3) is 0 Å². The zero-order valence-corrected chi connectivity index (χ0v) is 25.0. The van der Waals surface area contributed by atoms with Gasteiger partial charge in [-0.2, -0.15) is 0 Å². The first-order valence-electron chi connectivity index (χ1n) is 16.3. The number of carbonyl (C=O) groups is 1. The molecule has 2 N–H and O–H groups in total. The third-order valence-electron chi connectivity index (χ3n) is 13.7. The van der Waals surface area contributed by atoms with Crippen LogP contribution in [0.3, 0.4) is 0 Å². The van der Waals surface area contributed by atoms with Crippen LogP contribution >= 0.6 is 0 Å². The number of esters is 1. The molecule has 216 valence electrons. The monoisotopic (exact) mass is 529 g/mol. The zero-order valence-electron chi connectivity index (χ0n) is 25.0. The SMILES string of the molecule is CCC(C)C(N)C(=O)O[C@@H]1CC[C@@]2(C)C(CCC3C2CC[C@@]2(C)C3CC3O[C@]4(CC[C@@H](C)CO4)C(C)C32)C1. The van der Waals surface area contributed by atoms with Crippen molar-refractivity contribution >= 4 is 5.97 Å². The third-order valence-corrected chi connectivity index (χ3v) is 13.7. The van der Waals surface area contributed by atoms with Crippen LogP contribution in [0.15, 0.2) is 0 Å². The number of nitrogens with two attached hydrogens (primary N) is 1. The molecule has 0 aromatic heterocycles. The van der Waals surface area contributed by atoms with E-state index in [0.29, 0.717) is 40.6 Å². The van der Waals surface area contributed by atoms with Crippen LogP contribution in [0.5, 0.6) is 0 Å². The van der Waals surface area contributed by atoms with Crippen LogP contribution in [0.4, 0.5) is 0 Å². The maximum atomic E-state index is 12.7. The molecule has 2 saturated heterocycles. The largest absolute Gasteiger partial charge is 0.461 e. The van der Waals surface area contributed by atoms with E-state index in [1.165, 1.54) is 44.9 Å². The average Bonchev–Trinajstić information content (AvgIpc) is 3.35. The standard InChI is InChI=1S/C33H55NO4/c1-7-20(3)29(34)30(35)37-23-11-13-31(5)22(16-23)8-9-24-25(31)12-14-32(6)26(24)17-27-28(32)21(4)33(38-27)15-10-19(2)18-36-33/h19-29H,7-18,34H2,1-6H3/t19-,20?,21?,22?,23-,24?,25?,26?,27?,28?,29?,31+,32+,33-/m1/s1. The first-order valence-corrected chi connectivity index (χ1v) is 16.3. The molecular formula is C33H55NO4. The van der Waals surface area contributed by atoms with Gasteiger partial charge in [0.2, 0.25) is 0 Å². The Hall–Kier alpha value is -0.650. The molecule has 6 rings (SSSR count). The van der Waals surface area contributed by atoms with Gasteiger partial charge >= 0.3 is 5.97 Å². The molecule has 4 aliphatic carbocycles. The first kappa shape index (κ1) is 27.5. The second-order valence-corrected chi connectivity index (χ2v) is 15.4. The van der Waals surface area contributed by atoms with Crippen LogP contribution in [0.1, 0.15) is 112 Å². The van der Waals surface area contributed by atoms with Crippen molar-refractivity contribution in [2.75, 3.05) is 6.61 Å². The van der Waals surface area contributed by atoms with Crippen LogP contribution < -0.4 is 5.73 Å². The number of ether oxygens (including phenoxy) is 3. The highest BCUT2D eigenvalue weighted by molar-refractivity contribution is 5.76. The minimum atomic E-state index is -0.493. The van der Waals surface area contributed by atoms with E-state index in [1.807, 2.05) is 6.92 Å². The number of fused-ring (bicyclic) bond motifs is 7. The van der Waals surface area contributed by atoms with Crippen molar-refractivity contribution in [3.8, 4) is 0 Å². The third kappa shape index (κ3) is 4.06. The van der Waals surface area contributed by atoms with Gasteiger partial charge < -0.3 is 19.9 Å². The Labute approximate surface area is 231 Å². The highest BCUT2D eigenvalue weighted by Gasteiger charge is 2.69. The molecule has 2 heterocycles. The summed E-state index contributed by atoms with van der Waals surface area (Å²) < 4.78 is 19.5. The fraction of sp³-hybridized carbons (Fsp3) is 0.970. The Kier molecular flexibility index (Phi) is 7.04. The fourth-order valence-corrected chi connectivity index (χ4v) is 11.1. The number of rotatable bonds is 4. The lowest BCUT2D eigenvalue weighted by molar-refractivity contribution is -0.273. The van der Waals surface area contributed by atoms with E-state index in [9.17, 15) is 4.79 Å². The van der Waals surface area contributed by atoms with Gasteiger partial charge in [0.05, 0.1) is 12.7 Å². The molecule has 0 bridgehead atoms. The van der Waals surface area contributed by atoms with E-state index < -0.39 is 6.04 Å². The van der Waals surface area contributed by atoms with Crippen LogP contribution in [-0.4, -0.2) is 36.6 Å². The van der Waals surface area contributed by atoms with Gasteiger partial charge in [-0.15, -0.1) is 0 Å². The quantitative estimate of drug-likeness (QED) is 0.410. The Bertz CT molecular complexity index is 899. The predicted molar refractivity (Wildman–Crippen MR) is 149 cm³/mol. The lowest BCUT2D eigenvalue weighted by Gasteiger charge is -2.61. The molecule has 0 radical (unpaired) electrons. The molecule has 1 spiro atoms. The molecule has 5 heteroatoms. The lowest BCUT2D eigenvalue weighted by Crippen LogP contribution is -2.55. The molecule has 6 aliphatic rings. The van der Waals surface area contributed by atoms with E-state index in [0.717, 1.165) is 50.0 Å². The van der Waals surface area contributed by atoms with Crippen molar-refractivity contribution in [3.05, 3.63) is 0 Å². The van der Waals surface area contributed by atoms with Crippen LogP contribution in [0.2, 0.25) is 0 Å². The minimum Gasteiger partial charge on any atom is -0.461 e. The fourth-order valence-electron chi connectivity index (χ4n) is 11.1. The normalized spacial score (nSPS) is 53.4. The van der Waals surface area contributed by atoms with E-state index in [-0.39, 0.29) is 23.8 Å². The van der Waals surface area contributed by atoms with Gasteiger partial charge in [0.25, 0.3) is 0 Å². The lowest BCUT2D eigenvalue weighted by atomic mass is 9.44. The summed E-state index contributed by atoms with van der Waals surface area (Å²) in [6.07, 6.45) is 13.4. The Morgan fingerprint density at radius 3 is 2.47 bits per heavy atom. The molecule has 9 unspecified atom stereocenters. The molecule has 14 atom stereocenters. The summed E-state index contributed by atoms with van der Waals surface area (Å²) in [6.45, 7) is 15.0. The smallest absolute Gasteiger partial charge is 0.323 e. The zero-order chi connectivity index (χ0) is 27.0. The molecular weight excluding hydrogens is 474 g/mol. The summed E-state index contributed by atoms with van der Waals surface area (Å²) in [5.74, 6) is 4.51. The average molecular weight is 530 g/mol. The van der Waals surface area contributed by atoms with Crippen molar-refractivity contribution in [2.24, 2.45) is 63.9 Å². The first-order chi connectivity index (χ1) is 18.0. The second-order valence-electron chi connectivity index (χ2n) is 15.4. The van der Waals surface area contributed by atoms with Gasteiger partial charge in [-0.25, -0.2) is 0 Å². The molecule has 2 aliphatic heterocycles. The van der Waals surface area contributed by atoms with Crippen molar-refractivity contribution in [1.29, 1.82) is 0 Å². The molecule has 5 nitrogen and oxygen atoms in total. The van der Waals surface area contributed by atoms with E-state index in [1.54, 1.807) is 0 Å². The van der Waals surface area contributed by atoms with E-state index in [2.05, 4.69) is 34.6 Å². The van der Waals surface area contributed by atoms with Gasteiger partial charge in [0.15, 0.2) is 5.79 Å². The maximum Gasteiger partial charge on any atom is 0.323 e. The topological polar surface area (TPSA) is 70.8 Å². The number of hydrogen-bond donors (Lipinski definition) is 1. The van der Waals surface area contributed by atoms with E-state index >= 15 is 0 Å². The summed E-state index contributed by atoms with van der Waals surface area (Å²) in [6, 6.07) is -0.493. The molecule has 6 fully saturated rings. The van der Waals surface area contributed by atoms with Gasteiger partial charge in [0, 0.05) is 12.3 Å². The van der Waals surface area contributed by atoms with Gasteiger partial charge in [-0.1, -0.05) is 48.0 Å². The van der Waals surface area contributed by atoms with Crippen molar-refractivity contribution < 1.29 is 19.0 Å². The molecule has 4 saturated carbocycles. The van der Waals surface area contributed by atoms with Crippen LogP contribution in [0, 0.1) is 58.2 Å². The molecule has 38 heavy (non-hydrogen) atoms. The van der Waals surface area contributed by atoms with Crippen molar-refractivity contribution in [1.82, 2.24) is 0 Å². The summed E-state index contributed by atoms with van der Waals surface area (Å²) in [5.41, 5.74) is 6.96. The molecule has 0 aromatic carbocycles. The molecule has 0 amide bonds. The Morgan fingerprint density at radius 1 is 1.00 bits per heavy atom. The van der Waals surface area contributed by atoms with Crippen molar-refractivity contribution in [2.45, 2.75) is 136 Å². The maximum absolute atomic E-state index is 12.7. The Morgan fingerprint density at radius 2 is 1.76 bits per heavy atom. The summed E-state index contributed by atoms with van der Waals surface area (Å²) in [7, 11) is 0. The van der Waals surface area contributed by atoms with Gasteiger partial charge in [-0.05, 0) is 110 Å². The summed E-state index contributed by atoms with van der Waals surface area (Å²) in [5, 5.41) is 0. The van der Waals surface area contributed by atoms with Gasteiger partial charge in [-0.3, -0.25) is 4.79 Å². The summed E-state index contributed by atoms with van der Waals surface area (Å²) >= 11 is 0. The van der Waals surface area contributed by atoms with Crippen molar-refractivity contribution in [3.63, 3.8) is 0 Å². The van der Waals surface area contributed by atoms with E-state index in [4.69, 9.17) is 19.9 Å². The second kappa shape index (κ2) is 9.72. The number of hydrogen-bond acceptors (Lipinski definition) is 5. The summed E-state index contributed by atoms with van der Waals surface area (Å²) in [4.78, 5) is 12.7. The Balaban J connectivity index is 1.13. The van der Waals surface area contributed by atoms with Gasteiger partial charge in [0.1, 0.15) is 12.1 Å². The predicted octanol–water partition coefficient (Wildman–Crippen LogP) is 6.72.